The van der Waals surface area contributed by atoms with Crippen molar-refractivity contribution >= 4 is 10.0 Å². The van der Waals surface area contributed by atoms with Crippen molar-refractivity contribution in [2.24, 2.45) is 0 Å². The van der Waals surface area contributed by atoms with Crippen molar-refractivity contribution < 1.29 is 17.2 Å². The molecule has 112 valence electrons. The Kier molecular flexibility index (Phi) is 4.44. The lowest BCUT2D eigenvalue weighted by Gasteiger charge is -2.26. The van der Waals surface area contributed by atoms with Crippen molar-refractivity contribution in [3.63, 3.8) is 0 Å². The lowest BCUT2D eigenvalue weighted by atomic mass is 9.88. The third-order valence-electron chi connectivity index (χ3n) is 3.50. The van der Waals surface area contributed by atoms with E-state index < -0.39 is 28.1 Å². The molecule has 1 aliphatic carbocycles. The molecule has 0 saturated heterocycles. The largest absolute Gasteiger partial charge is 0.246 e. The number of benzene rings is 1. The molecule has 0 bridgehead atoms. The van der Waals surface area contributed by atoms with Crippen LogP contribution in [0.2, 0.25) is 0 Å². The molecule has 1 atom stereocenters. The third kappa shape index (κ3) is 4.24. The zero-order valence-corrected chi connectivity index (χ0v) is 12.2. The van der Waals surface area contributed by atoms with Gasteiger partial charge in [-0.1, -0.05) is 24.3 Å². The van der Waals surface area contributed by atoms with Crippen LogP contribution in [-0.2, 0) is 16.4 Å². The van der Waals surface area contributed by atoms with Gasteiger partial charge in [0.2, 0.25) is 15.9 Å². The average Bonchev–Trinajstić information content (AvgIpc) is 2.36. The summed E-state index contributed by atoms with van der Waals surface area (Å²) in [6.07, 6.45) is 1.88. The molecule has 1 aromatic carbocycles. The van der Waals surface area contributed by atoms with Crippen LogP contribution in [0.5, 0.6) is 0 Å². The number of alkyl halides is 2. The summed E-state index contributed by atoms with van der Waals surface area (Å²) in [5, 5.41) is 0. The van der Waals surface area contributed by atoms with Gasteiger partial charge in [0.1, 0.15) is 0 Å². The summed E-state index contributed by atoms with van der Waals surface area (Å²) in [5.74, 6) is -3.51. The Balaban J connectivity index is 2.07. The van der Waals surface area contributed by atoms with Gasteiger partial charge < -0.3 is 0 Å². The van der Waals surface area contributed by atoms with Gasteiger partial charge in [-0.25, -0.2) is 21.9 Å². The normalized spacial score (nSPS) is 19.6. The van der Waals surface area contributed by atoms with Crippen LogP contribution >= 0.6 is 0 Å². The van der Waals surface area contributed by atoms with Gasteiger partial charge in [-0.05, 0) is 37.3 Å². The van der Waals surface area contributed by atoms with Crippen LogP contribution in [0.3, 0.4) is 0 Å². The molecule has 0 aliphatic heterocycles. The van der Waals surface area contributed by atoms with E-state index in [-0.39, 0.29) is 6.04 Å². The van der Waals surface area contributed by atoms with E-state index in [4.69, 9.17) is 0 Å². The molecule has 1 unspecified atom stereocenters. The lowest BCUT2D eigenvalue weighted by molar-refractivity contribution is 0.0188. The van der Waals surface area contributed by atoms with Gasteiger partial charge in [0, 0.05) is 12.5 Å². The molecule has 20 heavy (non-hydrogen) atoms. The predicted molar refractivity (Wildman–Crippen MR) is 74.3 cm³/mol. The van der Waals surface area contributed by atoms with Crippen LogP contribution in [-0.4, -0.2) is 20.1 Å². The molecule has 1 aliphatic rings. The Labute approximate surface area is 118 Å². The molecule has 0 fully saturated rings. The van der Waals surface area contributed by atoms with Crippen molar-refractivity contribution in [2.75, 3.05) is 5.75 Å². The van der Waals surface area contributed by atoms with E-state index in [1.54, 1.807) is 0 Å². The van der Waals surface area contributed by atoms with Crippen molar-refractivity contribution in [2.45, 2.75) is 44.6 Å². The molecule has 0 radical (unpaired) electrons. The first-order chi connectivity index (χ1) is 9.27. The highest BCUT2D eigenvalue weighted by molar-refractivity contribution is 7.89. The Morgan fingerprint density at radius 3 is 2.75 bits per heavy atom. The van der Waals surface area contributed by atoms with Crippen molar-refractivity contribution in [1.82, 2.24) is 4.72 Å². The molecule has 0 saturated carbocycles. The molecule has 0 spiro atoms. The second-order valence-corrected chi connectivity index (χ2v) is 7.27. The fourth-order valence-corrected chi connectivity index (χ4v) is 3.89. The average molecular weight is 303 g/mol. The van der Waals surface area contributed by atoms with Crippen LogP contribution in [0.4, 0.5) is 8.78 Å². The Morgan fingerprint density at radius 2 is 2.05 bits per heavy atom. The van der Waals surface area contributed by atoms with E-state index in [1.807, 2.05) is 24.3 Å². The number of halogens is 2. The van der Waals surface area contributed by atoms with Crippen molar-refractivity contribution in [1.29, 1.82) is 0 Å². The number of nitrogens with one attached hydrogen (secondary N) is 1. The van der Waals surface area contributed by atoms with E-state index in [1.165, 1.54) is 0 Å². The minimum absolute atomic E-state index is 0.296. The fraction of sp³-hybridized carbons (Fsp3) is 0.571. The summed E-state index contributed by atoms with van der Waals surface area (Å²) in [6, 6.07) is 7.38. The molecule has 3 nitrogen and oxygen atoms in total. The number of hydrogen-bond donors (Lipinski definition) is 1. The summed E-state index contributed by atoms with van der Waals surface area (Å²) in [6.45, 7) is 0.735. The van der Waals surface area contributed by atoms with Crippen molar-refractivity contribution in [3.05, 3.63) is 35.4 Å². The van der Waals surface area contributed by atoms with Gasteiger partial charge in [0.05, 0.1) is 5.75 Å². The van der Waals surface area contributed by atoms with E-state index in [2.05, 4.69) is 4.72 Å². The summed E-state index contributed by atoms with van der Waals surface area (Å²) in [4.78, 5) is 0. The van der Waals surface area contributed by atoms with Crippen LogP contribution in [0.15, 0.2) is 24.3 Å². The topological polar surface area (TPSA) is 46.2 Å². The first-order valence-electron chi connectivity index (χ1n) is 6.72. The van der Waals surface area contributed by atoms with Crippen LogP contribution in [0, 0.1) is 0 Å². The van der Waals surface area contributed by atoms with E-state index in [0.29, 0.717) is 6.42 Å². The maximum Gasteiger partial charge on any atom is 0.246 e. The molecule has 0 amide bonds. The smallest absolute Gasteiger partial charge is 0.212 e. The van der Waals surface area contributed by atoms with Crippen LogP contribution < -0.4 is 4.72 Å². The second kappa shape index (κ2) is 5.77. The molecule has 6 heteroatoms. The standard InChI is InChI=1S/C14H19F2NO2S/c1-14(15,16)9-10-20(18,19)17-13-8-4-6-11-5-2-3-7-12(11)13/h2-3,5,7,13,17H,4,6,8-10H2,1H3. The van der Waals surface area contributed by atoms with Gasteiger partial charge >= 0.3 is 0 Å². The van der Waals surface area contributed by atoms with Gasteiger partial charge in [0.25, 0.3) is 0 Å². The van der Waals surface area contributed by atoms with Crippen LogP contribution in [0.25, 0.3) is 0 Å². The number of rotatable bonds is 5. The molecular weight excluding hydrogens is 284 g/mol. The molecule has 2 rings (SSSR count). The molecule has 1 aromatic rings. The molecule has 0 aromatic heterocycles. The maximum absolute atomic E-state index is 12.8. The Hall–Kier alpha value is -1.01. The minimum Gasteiger partial charge on any atom is -0.212 e. The van der Waals surface area contributed by atoms with E-state index in [9.17, 15) is 17.2 Å². The number of hydrogen-bond acceptors (Lipinski definition) is 2. The summed E-state index contributed by atoms with van der Waals surface area (Å²) in [5.41, 5.74) is 2.10. The van der Waals surface area contributed by atoms with E-state index >= 15 is 0 Å². The molecule has 1 N–H and O–H groups in total. The highest BCUT2D eigenvalue weighted by atomic mass is 32.2. The zero-order chi connectivity index (χ0) is 14.8. The van der Waals surface area contributed by atoms with Gasteiger partial charge in [-0.3, -0.25) is 0 Å². The predicted octanol–water partition coefficient (Wildman–Crippen LogP) is 3.03. The summed E-state index contributed by atoms with van der Waals surface area (Å²) in [7, 11) is -3.69. The SMILES string of the molecule is CC(F)(F)CCS(=O)(=O)NC1CCCc2ccccc21. The monoisotopic (exact) mass is 303 g/mol. The fourth-order valence-electron chi connectivity index (χ4n) is 2.47. The first kappa shape index (κ1) is 15.4. The number of sulfonamides is 1. The van der Waals surface area contributed by atoms with Gasteiger partial charge in [-0.2, -0.15) is 0 Å². The lowest BCUT2D eigenvalue weighted by Crippen LogP contribution is -2.34. The summed E-state index contributed by atoms with van der Waals surface area (Å²) < 4.78 is 51.9. The quantitative estimate of drug-likeness (QED) is 0.909. The Bertz CT molecular complexity index is 567. The van der Waals surface area contributed by atoms with Crippen molar-refractivity contribution in [3.8, 4) is 0 Å². The second-order valence-electron chi connectivity index (χ2n) is 5.40. The minimum atomic E-state index is -3.69. The van der Waals surface area contributed by atoms with Gasteiger partial charge in [-0.15, -0.1) is 0 Å². The highest BCUT2D eigenvalue weighted by Crippen LogP contribution is 2.30. The number of fused-ring (bicyclic) bond motifs is 1. The molecular formula is C14H19F2NO2S. The zero-order valence-electron chi connectivity index (χ0n) is 11.4. The van der Waals surface area contributed by atoms with E-state index in [0.717, 1.165) is 30.9 Å². The Morgan fingerprint density at radius 1 is 1.35 bits per heavy atom. The third-order valence-corrected chi connectivity index (χ3v) is 4.89. The number of aryl methyl sites for hydroxylation is 1. The highest BCUT2D eigenvalue weighted by Gasteiger charge is 2.28. The molecule has 0 heterocycles. The summed E-state index contributed by atoms with van der Waals surface area (Å²) >= 11 is 0. The van der Waals surface area contributed by atoms with Gasteiger partial charge in [0.15, 0.2) is 0 Å². The maximum atomic E-state index is 12.8. The first-order valence-corrected chi connectivity index (χ1v) is 8.38. The van der Waals surface area contributed by atoms with Crippen LogP contribution in [0.1, 0.15) is 43.4 Å².